The first-order chi connectivity index (χ1) is 7.38. The van der Waals surface area contributed by atoms with E-state index in [-0.39, 0.29) is 0 Å². The smallest absolute Gasteiger partial charge is 0.0586 e. The van der Waals surface area contributed by atoms with Gasteiger partial charge in [-0.3, -0.25) is 0 Å². The van der Waals surface area contributed by atoms with Crippen molar-refractivity contribution in [3.05, 3.63) is 0 Å². The highest BCUT2D eigenvalue weighted by atomic mass is 16.5. The average Bonchev–Trinajstić information content (AvgIpc) is 2.31. The lowest BCUT2D eigenvalue weighted by molar-refractivity contribution is -0.0379. The predicted octanol–water partition coefficient (Wildman–Crippen LogP) is 3.11. The van der Waals surface area contributed by atoms with Gasteiger partial charge in [-0.1, -0.05) is 24.4 Å². The number of hydrogen-bond donors (Lipinski definition) is 1. The summed E-state index contributed by atoms with van der Waals surface area (Å²) in [4.78, 5) is 0. The van der Waals surface area contributed by atoms with Crippen LogP contribution in [0.3, 0.4) is 0 Å². The lowest BCUT2D eigenvalue weighted by Crippen LogP contribution is -2.28. The van der Waals surface area contributed by atoms with E-state index in [0.29, 0.717) is 12.2 Å². The average molecular weight is 211 g/mol. The van der Waals surface area contributed by atoms with Gasteiger partial charge in [0.2, 0.25) is 0 Å². The maximum absolute atomic E-state index is 8.65. The Balaban J connectivity index is 1.71. The highest BCUT2D eigenvalue weighted by molar-refractivity contribution is 5.84. The molecule has 2 rings (SSSR count). The topological polar surface area (TPSA) is 41.8 Å². The van der Waals surface area contributed by atoms with E-state index in [0.717, 1.165) is 31.4 Å². The van der Waals surface area contributed by atoms with Gasteiger partial charge in [0.15, 0.2) is 0 Å². The highest BCUT2D eigenvalue weighted by Gasteiger charge is 2.23. The number of rotatable bonds is 2. The van der Waals surface area contributed by atoms with Crippen LogP contribution in [0.4, 0.5) is 0 Å². The molecule has 0 saturated heterocycles. The Kier molecular flexibility index (Phi) is 4.01. The fourth-order valence-corrected chi connectivity index (χ4v) is 2.63. The van der Waals surface area contributed by atoms with E-state index >= 15 is 0 Å². The van der Waals surface area contributed by atoms with Crippen LogP contribution in [0.5, 0.6) is 0 Å². The standard InChI is InChI=1S/C12H21NO2/c14-13-10-6-8-12(9-7-10)15-11-4-2-1-3-5-11/h11-12,14H,1-9H2. The normalized spacial score (nSPS) is 29.1. The molecule has 0 aromatic rings. The number of oxime groups is 1. The van der Waals surface area contributed by atoms with Crippen molar-refractivity contribution in [1.82, 2.24) is 0 Å². The van der Waals surface area contributed by atoms with Gasteiger partial charge in [0.05, 0.1) is 17.9 Å². The van der Waals surface area contributed by atoms with Crippen molar-refractivity contribution in [2.24, 2.45) is 5.16 Å². The fraction of sp³-hybridized carbons (Fsp3) is 0.917. The van der Waals surface area contributed by atoms with Gasteiger partial charge in [-0.05, 0) is 38.5 Å². The Hall–Kier alpha value is -0.570. The molecule has 0 heterocycles. The van der Waals surface area contributed by atoms with Crippen molar-refractivity contribution < 1.29 is 9.94 Å². The molecule has 3 nitrogen and oxygen atoms in total. The molecule has 2 fully saturated rings. The number of nitrogens with zero attached hydrogens (tertiary/aromatic N) is 1. The van der Waals surface area contributed by atoms with Crippen LogP contribution >= 0.6 is 0 Å². The molecule has 0 bridgehead atoms. The Morgan fingerprint density at radius 1 is 0.933 bits per heavy atom. The Morgan fingerprint density at radius 3 is 2.13 bits per heavy atom. The van der Waals surface area contributed by atoms with E-state index < -0.39 is 0 Å². The van der Waals surface area contributed by atoms with Crippen molar-refractivity contribution >= 4 is 5.71 Å². The second-order valence-electron chi connectivity index (χ2n) is 4.76. The zero-order chi connectivity index (χ0) is 10.5. The van der Waals surface area contributed by atoms with Crippen LogP contribution < -0.4 is 0 Å². The van der Waals surface area contributed by atoms with Crippen molar-refractivity contribution in [3.63, 3.8) is 0 Å². The van der Waals surface area contributed by atoms with E-state index in [4.69, 9.17) is 9.94 Å². The van der Waals surface area contributed by atoms with Crippen LogP contribution in [0.1, 0.15) is 57.8 Å². The van der Waals surface area contributed by atoms with Gasteiger partial charge in [-0.2, -0.15) is 0 Å². The van der Waals surface area contributed by atoms with Crippen molar-refractivity contribution in [2.45, 2.75) is 70.0 Å². The molecular formula is C12H21NO2. The Morgan fingerprint density at radius 2 is 1.53 bits per heavy atom. The van der Waals surface area contributed by atoms with Crippen molar-refractivity contribution in [1.29, 1.82) is 0 Å². The molecule has 15 heavy (non-hydrogen) atoms. The first-order valence-corrected chi connectivity index (χ1v) is 6.24. The summed E-state index contributed by atoms with van der Waals surface area (Å²) >= 11 is 0. The Bertz CT molecular complexity index is 212. The van der Waals surface area contributed by atoms with Gasteiger partial charge in [0.1, 0.15) is 0 Å². The van der Waals surface area contributed by atoms with E-state index in [1.54, 1.807) is 0 Å². The van der Waals surface area contributed by atoms with E-state index in [2.05, 4.69) is 5.16 Å². The van der Waals surface area contributed by atoms with Crippen LogP contribution in [-0.2, 0) is 4.74 Å². The molecule has 0 aliphatic heterocycles. The summed E-state index contributed by atoms with van der Waals surface area (Å²) in [6.07, 6.45) is 11.4. The fourth-order valence-electron chi connectivity index (χ4n) is 2.63. The lowest BCUT2D eigenvalue weighted by Gasteiger charge is -2.30. The molecule has 0 radical (unpaired) electrons. The molecule has 2 saturated carbocycles. The molecule has 1 N–H and O–H groups in total. The maximum Gasteiger partial charge on any atom is 0.0586 e. The largest absolute Gasteiger partial charge is 0.411 e. The third kappa shape index (κ3) is 3.20. The SMILES string of the molecule is ON=C1CCC(OC2CCCCC2)CC1. The minimum atomic E-state index is 0.415. The Labute approximate surface area is 91.5 Å². The van der Waals surface area contributed by atoms with Gasteiger partial charge in [-0.15, -0.1) is 0 Å². The number of ether oxygens (including phenoxy) is 1. The minimum absolute atomic E-state index is 0.415. The molecule has 0 spiro atoms. The molecule has 3 heteroatoms. The molecule has 0 amide bonds. The molecule has 0 aromatic heterocycles. The van der Waals surface area contributed by atoms with Gasteiger partial charge in [0.25, 0.3) is 0 Å². The summed E-state index contributed by atoms with van der Waals surface area (Å²) in [6.45, 7) is 0. The summed E-state index contributed by atoms with van der Waals surface area (Å²) in [5.74, 6) is 0. The molecule has 0 aromatic carbocycles. The monoisotopic (exact) mass is 211 g/mol. The third-order valence-corrected chi connectivity index (χ3v) is 3.59. The molecule has 2 aliphatic rings. The summed E-state index contributed by atoms with van der Waals surface area (Å²) in [5, 5.41) is 11.9. The van der Waals surface area contributed by atoms with E-state index in [1.165, 1.54) is 32.1 Å². The maximum atomic E-state index is 8.65. The molecule has 0 unspecified atom stereocenters. The van der Waals surface area contributed by atoms with Crippen LogP contribution in [0, 0.1) is 0 Å². The zero-order valence-electron chi connectivity index (χ0n) is 9.32. The summed E-state index contributed by atoms with van der Waals surface area (Å²) in [7, 11) is 0. The summed E-state index contributed by atoms with van der Waals surface area (Å²) in [5.41, 5.74) is 0.943. The quantitative estimate of drug-likeness (QED) is 0.563. The number of hydrogen-bond acceptors (Lipinski definition) is 3. The van der Waals surface area contributed by atoms with Gasteiger partial charge in [0, 0.05) is 0 Å². The van der Waals surface area contributed by atoms with Crippen LogP contribution in [0.15, 0.2) is 5.16 Å². The van der Waals surface area contributed by atoms with Gasteiger partial charge in [-0.25, -0.2) is 0 Å². The molecule has 0 atom stereocenters. The van der Waals surface area contributed by atoms with E-state index in [1.807, 2.05) is 0 Å². The highest BCUT2D eigenvalue weighted by Crippen LogP contribution is 2.26. The third-order valence-electron chi connectivity index (χ3n) is 3.59. The molecular weight excluding hydrogens is 190 g/mol. The van der Waals surface area contributed by atoms with E-state index in [9.17, 15) is 0 Å². The lowest BCUT2D eigenvalue weighted by atomic mass is 9.94. The van der Waals surface area contributed by atoms with Gasteiger partial charge < -0.3 is 9.94 Å². The molecule has 86 valence electrons. The van der Waals surface area contributed by atoms with Crippen molar-refractivity contribution in [3.8, 4) is 0 Å². The van der Waals surface area contributed by atoms with Crippen molar-refractivity contribution in [2.75, 3.05) is 0 Å². The minimum Gasteiger partial charge on any atom is -0.411 e. The second-order valence-corrected chi connectivity index (χ2v) is 4.76. The zero-order valence-corrected chi connectivity index (χ0v) is 9.32. The van der Waals surface area contributed by atoms with Crippen LogP contribution in [-0.4, -0.2) is 23.1 Å². The second kappa shape index (κ2) is 5.50. The van der Waals surface area contributed by atoms with Gasteiger partial charge >= 0.3 is 0 Å². The first kappa shape index (κ1) is 10.9. The summed E-state index contributed by atoms with van der Waals surface area (Å²) in [6, 6.07) is 0. The summed E-state index contributed by atoms with van der Waals surface area (Å²) < 4.78 is 6.09. The predicted molar refractivity (Wildman–Crippen MR) is 59.4 cm³/mol. The van der Waals surface area contributed by atoms with Crippen LogP contribution in [0.25, 0.3) is 0 Å². The molecule has 2 aliphatic carbocycles. The first-order valence-electron chi connectivity index (χ1n) is 6.24. The van der Waals surface area contributed by atoms with Crippen LogP contribution in [0.2, 0.25) is 0 Å².